The highest BCUT2D eigenvalue weighted by molar-refractivity contribution is 6.42. The van der Waals surface area contributed by atoms with Gasteiger partial charge in [0.25, 0.3) is 0 Å². The van der Waals surface area contributed by atoms with Crippen LogP contribution < -0.4 is 0 Å². The van der Waals surface area contributed by atoms with Crippen molar-refractivity contribution in [3.05, 3.63) is 69.8 Å². The zero-order valence-corrected chi connectivity index (χ0v) is 12.2. The number of ether oxygens (including phenoxy) is 1. The zero-order chi connectivity index (χ0) is 13.9. The molecule has 0 fully saturated rings. The lowest BCUT2D eigenvalue weighted by Crippen LogP contribution is -1.94. The summed E-state index contributed by atoms with van der Waals surface area (Å²) in [6, 6.07) is 13.8. The Morgan fingerprint density at radius 2 is 1.60 bits per heavy atom. The van der Waals surface area contributed by atoms with Gasteiger partial charge in [-0.2, -0.15) is 0 Å². The average molecular weight is 306 g/mol. The summed E-state index contributed by atoms with van der Waals surface area (Å²) in [5.41, 5.74) is 3.30. The number of hydrogen-bond acceptors (Lipinski definition) is 1. The van der Waals surface area contributed by atoms with Crippen molar-refractivity contribution in [3.63, 3.8) is 0 Å². The lowest BCUT2D eigenvalue weighted by atomic mass is 10.2. The van der Waals surface area contributed by atoms with Gasteiger partial charge in [-0.1, -0.05) is 35.3 Å². The maximum Gasteiger partial charge on any atom is 0.0722 e. The minimum absolute atomic E-state index is 0.516. The van der Waals surface area contributed by atoms with Crippen molar-refractivity contribution in [1.82, 2.24) is 4.98 Å². The van der Waals surface area contributed by atoms with Crippen LogP contribution in [0.1, 0.15) is 11.1 Å². The number of aromatic nitrogens is 1. The fourth-order valence-electron chi connectivity index (χ4n) is 2.11. The van der Waals surface area contributed by atoms with Gasteiger partial charge in [0, 0.05) is 11.7 Å². The molecule has 0 aliphatic heterocycles. The molecule has 1 N–H and O–H groups in total. The Morgan fingerprint density at radius 3 is 2.40 bits per heavy atom. The highest BCUT2D eigenvalue weighted by Gasteiger charge is 2.01. The summed E-state index contributed by atoms with van der Waals surface area (Å²) >= 11 is 11.9. The van der Waals surface area contributed by atoms with Crippen LogP contribution in [0.5, 0.6) is 0 Å². The van der Waals surface area contributed by atoms with Gasteiger partial charge >= 0.3 is 0 Å². The largest absolute Gasteiger partial charge is 0.372 e. The molecule has 2 nitrogen and oxygen atoms in total. The number of nitrogens with one attached hydrogen (secondary N) is 1. The molecule has 0 aliphatic carbocycles. The van der Waals surface area contributed by atoms with Crippen LogP contribution in [-0.2, 0) is 18.0 Å². The van der Waals surface area contributed by atoms with Gasteiger partial charge in [0.1, 0.15) is 0 Å². The first kappa shape index (κ1) is 13.5. The third kappa shape index (κ3) is 2.98. The van der Waals surface area contributed by atoms with Gasteiger partial charge in [-0.25, -0.2) is 0 Å². The van der Waals surface area contributed by atoms with Crippen molar-refractivity contribution in [2.75, 3.05) is 0 Å². The van der Waals surface area contributed by atoms with Crippen molar-refractivity contribution in [2.45, 2.75) is 13.2 Å². The number of fused-ring (bicyclic) bond motifs is 1. The smallest absolute Gasteiger partial charge is 0.0722 e. The predicted molar refractivity (Wildman–Crippen MR) is 83.3 cm³/mol. The Hall–Kier alpha value is -1.48. The summed E-state index contributed by atoms with van der Waals surface area (Å²) in [6.07, 6.45) is 1.94. The maximum atomic E-state index is 5.97. The molecule has 0 saturated carbocycles. The monoisotopic (exact) mass is 305 g/mol. The van der Waals surface area contributed by atoms with Crippen molar-refractivity contribution >= 4 is 34.1 Å². The van der Waals surface area contributed by atoms with Crippen LogP contribution in [0.15, 0.2) is 48.7 Å². The number of hydrogen-bond donors (Lipinski definition) is 1. The molecular formula is C16H13Cl2NO. The molecule has 0 radical (unpaired) electrons. The van der Waals surface area contributed by atoms with E-state index in [4.69, 9.17) is 27.9 Å². The first-order valence-electron chi connectivity index (χ1n) is 6.30. The van der Waals surface area contributed by atoms with Crippen LogP contribution in [0.3, 0.4) is 0 Å². The number of H-pyrrole nitrogens is 1. The number of benzene rings is 2. The minimum Gasteiger partial charge on any atom is -0.372 e. The summed E-state index contributed by atoms with van der Waals surface area (Å²) in [6.45, 7) is 1.09. The van der Waals surface area contributed by atoms with E-state index in [0.29, 0.717) is 23.3 Å². The van der Waals surface area contributed by atoms with E-state index in [1.165, 1.54) is 5.39 Å². The minimum atomic E-state index is 0.516. The van der Waals surface area contributed by atoms with Crippen LogP contribution >= 0.6 is 23.2 Å². The molecule has 0 bridgehead atoms. The van der Waals surface area contributed by atoms with E-state index in [2.05, 4.69) is 29.2 Å². The average Bonchev–Trinajstić information content (AvgIpc) is 2.90. The summed E-state index contributed by atoms with van der Waals surface area (Å²) in [4.78, 5) is 3.17. The molecule has 0 amide bonds. The molecule has 4 heteroatoms. The molecule has 0 atom stereocenters. The first-order valence-corrected chi connectivity index (χ1v) is 7.06. The van der Waals surface area contributed by atoms with E-state index < -0.39 is 0 Å². The Balaban J connectivity index is 1.62. The van der Waals surface area contributed by atoms with Gasteiger partial charge in [-0.05, 0) is 46.8 Å². The lowest BCUT2D eigenvalue weighted by Gasteiger charge is -2.06. The highest BCUT2D eigenvalue weighted by atomic mass is 35.5. The molecule has 0 spiro atoms. The van der Waals surface area contributed by atoms with Crippen LogP contribution in [0.2, 0.25) is 10.0 Å². The van der Waals surface area contributed by atoms with Crippen molar-refractivity contribution in [1.29, 1.82) is 0 Å². The standard InChI is InChI=1S/C16H13Cl2NO/c17-14-3-1-12(8-15(14)18)10-20-9-11-2-4-16-13(7-11)5-6-19-16/h1-8,19H,9-10H2. The predicted octanol–water partition coefficient (Wildman–Crippen LogP) is 5.19. The fourth-order valence-corrected chi connectivity index (χ4v) is 2.43. The van der Waals surface area contributed by atoms with Gasteiger partial charge < -0.3 is 9.72 Å². The van der Waals surface area contributed by atoms with E-state index in [-0.39, 0.29) is 0 Å². The Kier molecular flexibility index (Phi) is 3.97. The van der Waals surface area contributed by atoms with Crippen LogP contribution in [0.4, 0.5) is 0 Å². The summed E-state index contributed by atoms with van der Waals surface area (Å²) in [7, 11) is 0. The SMILES string of the molecule is Clc1ccc(COCc2ccc3[nH]ccc3c2)cc1Cl. The normalized spacial score (nSPS) is 11.1. The molecule has 3 rings (SSSR count). The Morgan fingerprint density at radius 1 is 0.850 bits per heavy atom. The Labute approximate surface area is 127 Å². The van der Waals surface area contributed by atoms with Gasteiger partial charge in [-0.15, -0.1) is 0 Å². The van der Waals surface area contributed by atoms with Crippen LogP contribution in [-0.4, -0.2) is 4.98 Å². The molecule has 1 heterocycles. The molecule has 0 unspecified atom stereocenters. The summed E-state index contributed by atoms with van der Waals surface area (Å²) < 4.78 is 5.71. The topological polar surface area (TPSA) is 25.0 Å². The molecule has 3 aromatic rings. The number of aromatic amines is 1. The molecular weight excluding hydrogens is 293 g/mol. The molecule has 2 aromatic carbocycles. The third-order valence-electron chi connectivity index (χ3n) is 3.14. The van der Waals surface area contributed by atoms with Crippen LogP contribution in [0.25, 0.3) is 10.9 Å². The van der Waals surface area contributed by atoms with Crippen molar-refractivity contribution in [2.24, 2.45) is 0 Å². The summed E-state index contributed by atoms with van der Waals surface area (Å²) in [5, 5.41) is 2.32. The van der Waals surface area contributed by atoms with E-state index >= 15 is 0 Å². The second-order valence-corrected chi connectivity index (χ2v) is 5.45. The first-order chi connectivity index (χ1) is 9.72. The van der Waals surface area contributed by atoms with Gasteiger partial charge in [-0.3, -0.25) is 0 Å². The van der Waals surface area contributed by atoms with E-state index in [1.54, 1.807) is 6.07 Å². The maximum absolute atomic E-state index is 5.97. The zero-order valence-electron chi connectivity index (χ0n) is 10.7. The van der Waals surface area contributed by atoms with Crippen molar-refractivity contribution < 1.29 is 4.74 Å². The second kappa shape index (κ2) is 5.88. The van der Waals surface area contributed by atoms with E-state index in [9.17, 15) is 0 Å². The van der Waals surface area contributed by atoms with Crippen LogP contribution in [0, 0.1) is 0 Å². The fraction of sp³-hybridized carbons (Fsp3) is 0.125. The Bertz CT molecular complexity index is 736. The highest BCUT2D eigenvalue weighted by Crippen LogP contribution is 2.23. The number of rotatable bonds is 4. The molecule has 0 saturated heterocycles. The second-order valence-electron chi connectivity index (χ2n) is 4.64. The van der Waals surface area contributed by atoms with Crippen molar-refractivity contribution in [3.8, 4) is 0 Å². The van der Waals surface area contributed by atoms with Gasteiger partial charge in [0.2, 0.25) is 0 Å². The molecule has 0 aliphatic rings. The molecule has 1 aromatic heterocycles. The third-order valence-corrected chi connectivity index (χ3v) is 3.88. The quantitative estimate of drug-likeness (QED) is 0.705. The summed E-state index contributed by atoms with van der Waals surface area (Å²) in [5.74, 6) is 0. The van der Waals surface area contributed by atoms with Gasteiger partial charge in [0.05, 0.1) is 23.3 Å². The lowest BCUT2D eigenvalue weighted by molar-refractivity contribution is 0.107. The van der Waals surface area contributed by atoms with E-state index in [0.717, 1.165) is 16.6 Å². The molecule has 20 heavy (non-hydrogen) atoms. The number of halogens is 2. The van der Waals surface area contributed by atoms with Gasteiger partial charge in [0.15, 0.2) is 0 Å². The molecule has 102 valence electrons. The van der Waals surface area contributed by atoms with E-state index in [1.807, 2.05) is 18.3 Å².